The lowest BCUT2D eigenvalue weighted by molar-refractivity contribution is 0.0600. The molecule has 1 fully saturated rings. The molecule has 0 saturated carbocycles. The summed E-state index contributed by atoms with van der Waals surface area (Å²) in [4.78, 5) is 11.2. The van der Waals surface area contributed by atoms with E-state index in [1.54, 1.807) is 0 Å². The summed E-state index contributed by atoms with van der Waals surface area (Å²) in [5, 5.41) is 2.76. The van der Waals surface area contributed by atoms with Crippen molar-refractivity contribution in [2.45, 2.75) is 17.6 Å². The average Bonchev–Trinajstić information content (AvgIpc) is 2.97. The maximum absolute atomic E-state index is 11.9. The van der Waals surface area contributed by atoms with Gasteiger partial charge in [0.05, 0.1) is 12.7 Å². The van der Waals surface area contributed by atoms with Crippen molar-refractivity contribution in [1.82, 2.24) is 10.0 Å². The zero-order valence-electron chi connectivity index (χ0n) is 10.2. The summed E-state index contributed by atoms with van der Waals surface area (Å²) in [6.45, 7) is 1.36. The van der Waals surface area contributed by atoms with E-state index in [1.807, 2.05) is 0 Å². The fourth-order valence-corrected chi connectivity index (χ4v) is 2.93. The molecule has 1 atom stereocenters. The highest BCUT2D eigenvalue weighted by Gasteiger charge is 2.26. The Bertz CT molecular complexity index is 536. The second-order valence-electron chi connectivity index (χ2n) is 3.96. The van der Waals surface area contributed by atoms with Crippen molar-refractivity contribution in [1.29, 1.82) is 0 Å². The Kier molecular flexibility index (Phi) is 5.36. The van der Waals surface area contributed by atoms with Gasteiger partial charge in [0.2, 0.25) is 5.09 Å². The SMILES string of the molecule is COC(=O)c1coc(S(=O)(=O)NC2CCNC2)c1.Cl. The van der Waals surface area contributed by atoms with Gasteiger partial charge in [0.15, 0.2) is 0 Å². The van der Waals surface area contributed by atoms with Gasteiger partial charge >= 0.3 is 5.97 Å². The molecular weight excluding hydrogens is 296 g/mol. The van der Waals surface area contributed by atoms with Gasteiger partial charge in [-0.3, -0.25) is 0 Å². The molecule has 1 aliphatic rings. The number of esters is 1. The van der Waals surface area contributed by atoms with Crippen LogP contribution in [0.4, 0.5) is 0 Å². The van der Waals surface area contributed by atoms with Crippen LogP contribution in [0, 0.1) is 0 Å². The molecule has 2 rings (SSSR count). The highest BCUT2D eigenvalue weighted by molar-refractivity contribution is 7.89. The first-order valence-electron chi connectivity index (χ1n) is 5.43. The van der Waals surface area contributed by atoms with Crippen LogP contribution in [0.2, 0.25) is 0 Å². The van der Waals surface area contributed by atoms with E-state index in [-0.39, 0.29) is 29.1 Å². The van der Waals surface area contributed by atoms with Crippen molar-refractivity contribution in [3.05, 3.63) is 17.9 Å². The number of hydrogen-bond donors (Lipinski definition) is 2. The molecule has 0 aromatic carbocycles. The molecule has 7 nitrogen and oxygen atoms in total. The zero-order chi connectivity index (χ0) is 13.2. The number of sulfonamides is 1. The van der Waals surface area contributed by atoms with E-state index in [2.05, 4.69) is 14.8 Å². The minimum absolute atomic E-state index is 0. The monoisotopic (exact) mass is 310 g/mol. The van der Waals surface area contributed by atoms with Crippen LogP contribution < -0.4 is 10.0 Å². The van der Waals surface area contributed by atoms with E-state index >= 15 is 0 Å². The second-order valence-corrected chi connectivity index (χ2v) is 5.60. The summed E-state index contributed by atoms with van der Waals surface area (Å²) >= 11 is 0. The van der Waals surface area contributed by atoms with Crippen LogP contribution in [-0.2, 0) is 14.8 Å². The van der Waals surface area contributed by atoms with Gasteiger partial charge in [0.1, 0.15) is 6.26 Å². The number of furan rings is 1. The van der Waals surface area contributed by atoms with Gasteiger partial charge in [-0.05, 0) is 13.0 Å². The summed E-state index contributed by atoms with van der Waals surface area (Å²) < 4.78 is 35.7. The highest BCUT2D eigenvalue weighted by Crippen LogP contribution is 2.15. The van der Waals surface area contributed by atoms with Crippen LogP contribution in [0.15, 0.2) is 21.8 Å². The maximum atomic E-state index is 11.9. The Morgan fingerprint density at radius 2 is 2.32 bits per heavy atom. The summed E-state index contributed by atoms with van der Waals surface area (Å²) in [6.07, 6.45) is 1.79. The molecule has 0 aliphatic carbocycles. The average molecular weight is 311 g/mol. The first-order valence-corrected chi connectivity index (χ1v) is 6.91. The van der Waals surface area contributed by atoms with Crippen LogP contribution in [0.25, 0.3) is 0 Å². The Balaban J connectivity index is 0.00000180. The molecule has 0 amide bonds. The molecule has 19 heavy (non-hydrogen) atoms. The summed E-state index contributed by atoms with van der Waals surface area (Å²) in [7, 11) is -2.51. The van der Waals surface area contributed by atoms with Gasteiger partial charge in [-0.1, -0.05) is 0 Å². The molecule has 2 N–H and O–H groups in total. The molecular formula is C10H15ClN2O5S. The maximum Gasteiger partial charge on any atom is 0.341 e. The van der Waals surface area contributed by atoms with Gasteiger partial charge in [-0.25, -0.2) is 17.9 Å². The lowest BCUT2D eigenvalue weighted by Crippen LogP contribution is -2.36. The first-order chi connectivity index (χ1) is 8.53. The van der Waals surface area contributed by atoms with Crippen LogP contribution in [0.1, 0.15) is 16.8 Å². The van der Waals surface area contributed by atoms with Crippen molar-refractivity contribution >= 4 is 28.4 Å². The third-order valence-corrected chi connectivity index (χ3v) is 4.03. The number of nitrogens with one attached hydrogen (secondary N) is 2. The summed E-state index contributed by atoms with van der Waals surface area (Å²) in [6, 6.07) is 0.998. The Morgan fingerprint density at radius 1 is 1.58 bits per heavy atom. The second kappa shape index (κ2) is 6.38. The predicted octanol–water partition coefficient (Wildman–Crippen LogP) is 0.128. The number of hydrogen-bond acceptors (Lipinski definition) is 6. The molecule has 0 bridgehead atoms. The number of carbonyl (C=O) groups excluding carboxylic acids is 1. The third kappa shape index (κ3) is 3.69. The predicted molar refractivity (Wildman–Crippen MR) is 68.9 cm³/mol. The number of carbonyl (C=O) groups is 1. The van der Waals surface area contributed by atoms with E-state index in [0.717, 1.165) is 25.3 Å². The molecule has 0 radical (unpaired) electrons. The number of methoxy groups -OCH3 is 1. The topological polar surface area (TPSA) is 97.6 Å². The first kappa shape index (κ1) is 16.0. The summed E-state index contributed by atoms with van der Waals surface area (Å²) in [5.74, 6) is -0.636. The van der Waals surface area contributed by atoms with Crippen molar-refractivity contribution in [3.8, 4) is 0 Å². The van der Waals surface area contributed by atoms with Crippen molar-refractivity contribution in [2.24, 2.45) is 0 Å². The van der Waals surface area contributed by atoms with Crippen LogP contribution in [-0.4, -0.2) is 40.6 Å². The minimum atomic E-state index is -3.73. The number of ether oxygens (including phenoxy) is 1. The third-order valence-electron chi connectivity index (χ3n) is 2.64. The van der Waals surface area contributed by atoms with Gasteiger partial charge in [-0.15, -0.1) is 12.4 Å². The van der Waals surface area contributed by atoms with Gasteiger partial charge in [-0.2, -0.15) is 0 Å². The van der Waals surface area contributed by atoms with Crippen LogP contribution >= 0.6 is 12.4 Å². The molecule has 2 heterocycles. The Morgan fingerprint density at radius 3 is 2.89 bits per heavy atom. The smallest absolute Gasteiger partial charge is 0.341 e. The molecule has 1 aromatic rings. The zero-order valence-corrected chi connectivity index (χ0v) is 11.8. The molecule has 9 heteroatoms. The molecule has 1 saturated heterocycles. The van der Waals surface area contributed by atoms with Gasteiger partial charge in [0, 0.05) is 18.7 Å². The van der Waals surface area contributed by atoms with Crippen LogP contribution in [0.5, 0.6) is 0 Å². The largest absolute Gasteiger partial charge is 0.465 e. The van der Waals surface area contributed by atoms with E-state index in [4.69, 9.17) is 4.42 Å². The Labute approximate surface area is 117 Å². The molecule has 108 valence electrons. The lowest BCUT2D eigenvalue weighted by atomic mass is 10.3. The van der Waals surface area contributed by atoms with E-state index in [9.17, 15) is 13.2 Å². The molecule has 1 aromatic heterocycles. The van der Waals surface area contributed by atoms with Gasteiger partial charge < -0.3 is 14.5 Å². The molecule has 1 unspecified atom stereocenters. The quantitative estimate of drug-likeness (QED) is 0.767. The minimum Gasteiger partial charge on any atom is -0.465 e. The fraction of sp³-hybridized carbons (Fsp3) is 0.500. The van der Waals surface area contributed by atoms with Crippen molar-refractivity contribution in [2.75, 3.05) is 20.2 Å². The number of rotatable bonds is 4. The highest BCUT2D eigenvalue weighted by atomic mass is 35.5. The summed E-state index contributed by atoms with van der Waals surface area (Å²) in [5.41, 5.74) is 0.0717. The van der Waals surface area contributed by atoms with Crippen molar-refractivity contribution < 1.29 is 22.4 Å². The molecule has 1 aliphatic heterocycles. The molecule has 0 spiro atoms. The lowest BCUT2D eigenvalue weighted by Gasteiger charge is -2.09. The fourth-order valence-electron chi connectivity index (χ4n) is 1.72. The Hall–Kier alpha value is -1.09. The normalized spacial score (nSPS) is 18.9. The standard InChI is InChI=1S/C10H14N2O5S.ClH/c1-16-10(13)7-4-9(17-6-7)18(14,15)12-8-2-3-11-5-8;/h4,6,8,11-12H,2-3,5H2,1H3;1H. The van der Waals surface area contributed by atoms with E-state index < -0.39 is 16.0 Å². The van der Waals surface area contributed by atoms with E-state index in [0.29, 0.717) is 6.54 Å². The van der Waals surface area contributed by atoms with E-state index in [1.165, 1.54) is 7.11 Å². The van der Waals surface area contributed by atoms with Crippen LogP contribution in [0.3, 0.4) is 0 Å². The van der Waals surface area contributed by atoms with Gasteiger partial charge in [0.25, 0.3) is 10.0 Å². The number of halogens is 1. The van der Waals surface area contributed by atoms with Crippen molar-refractivity contribution in [3.63, 3.8) is 0 Å².